The summed E-state index contributed by atoms with van der Waals surface area (Å²) in [5, 5.41) is 9.12. The first kappa shape index (κ1) is 16.3. The number of halogens is 1. The Hall–Kier alpha value is -1.09. The minimum atomic E-state index is -3.65. The van der Waals surface area contributed by atoms with Gasteiger partial charge in [0.25, 0.3) is 0 Å². The predicted molar refractivity (Wildman–Crippen MR) is 82.5 cm³/mol. The van der Waals surface area contributed by atoms with Crippen molar-refractivity contribution < 1.29 is 8.42 Å². The molecule has 6 heteroatoms. The average molecular weight is 327 g/mol. The molecule has 1 aliphatic carbocycles. The van der Waals surface area contributed by atoms with Crippen LogP contribution in [0, 0.1) is 17.2 Å². The Labute approximate surface area is 131 Å². The van der Waals surface area contributed by atoms with E-state index in [1.54, 1.807) is 4.31 Å². The van der Waals surface area contributed by atoms with Crippen molar-refractivity contribution >= 4 is 21.6 Å². The highest BCUT2D eigenvalue weighted by molar-refractivity contribution is 7.89. The summed E-state index contributed by atoms with van der Waals surface area (Å²) in [6.45, 7) is 4.64. The number of rotatable bonds is 6. The van der Waals surface area contributed by atoms with Gasteiger partial charge < -0.3 is 0 Å². The zero-order chi connectivity index (χ0) is 15.6. The summed E-state index contributed by atoms with van der Waals surface area (Å²) in [5.74, 6) is 0.433. The molecule has 1 saturated carbocycles. The van der Waals surface area contributed by atoms with Crippen molar-refractivity contribution in [3.8, 4) is 6.07 Å². The molecule has 114 valence electrons. The van der Waals surface area contributed by atoms with Crippen molar-refractivity contribution in [2.75, 3.05) is 6.54 Å². The molecule has 0 N–H and O–H groups in total. The molecule has 0 aromatic heterocycles. The van der Waals surface area contributed by atoms with Gasteiger partial charge in [-0.2, -0.15) is 9.57 Å². The second-order valence-electron chi connectivity index (χ2n) is 5.79. The van der Waals surface area contributed by atoms with Crippen LogP contribution in [0.4, 0.5) is 0 Å². The van der Waals surface area contributed by atoms with Crippen molar-refractivity contribution in [3.05, 3.63) is 28.8 Å². The lowest BCUT2D eigenvalue weighted by Gasteiger charge is -2.23. The number of sulfonamides is 1. The van der Waals surface area contributed by atoms with Gasteiger partial charge in [-0.3, -0.25) is 0 Å². The third kappa shape index (κ3) is 3.76. The Morgan fingerprint density at radius 3 is 2.62 bits per heavy atom. The Morgan fingerprint density at radius 2 is 2.10 bits per heavy atom. The van der Waals surface area contributed by atoms with Gasteiger partial charge in [-0.15, -0.1) is 0 Å². The molecule has 0 saturated heterocycles. The van der Waals surface area contributed by atoms with E-state index < -0.39 is 10.0 Å². The molecule has 1 aliphatic rings. The van der Waals surface area contributed by atoms with Crippen LogP contribution >= 0.6 is 11.6 Å². The number of hydrogen-bond acceptors (Lipinski definition) is 3. The number of benzene rings is 1. The molecular formula is C15H19ClN2O2S. The van der Waals surface area contributed by atoms with Gasteiger partial charge in [-0.1, -0.05) is 25.4 Å². The Morgan fingerprint density at radius 1 is 1.43 bits per heavy atom. The topological polar surface area (TPSA) is 61.2 Å². The molecule has 0 atom stereocenters. The van der Waals surface area contributed by atoms with E-state index in [1.165, 1.54) is 18.2 Å². The zero-order valence-electron chi connectivity index (χ0n) is 12.2. The van der Waals surface area contributed by atoms with Crippen LogP contribution in [0.5, 0.6) is 0 Å². The van der Waals surface area contributed by atoms with E-state index in [-0.39, 0.29) is 16.0 Å². The molecule has 4 nitrogen and oxygen atoms in total. The average Bonchev–Trinajstić information content (AvgIpc) is 3.23. The van der Waals surface area contributed by atoms with Crippen LogP contribution in [0.2, 0.25) is 5.02 Å². The molecule has 0 bridgehead atoms. The highest BCUT2D eigenvalue weighted by Gasteiger charge is 2.38. The van der Waals surface area contributed by atoms with Crippen molar-refractivity contribution in [3.63, 3.8) is 0 Å². The lowest BCUT2D eigenvalue weighted by Crippen LogP contribution is -2.34. The van der Waals surface area contributed by atoms with Crippen LogP contribution in [0.25, 0.3) is 0 Å². The molecule has 0 aliphatic heterocycles. The van der Waals surface area contributed by atoms with E-state index >= 15 is 0 Å². The molecule has 2 rings (SSSR count). The molecule has 0 radical (unpaired) electrons. The molecule has 0 amide bonds. The van der Waals surface area contributed by atoms with Gasteiger partial charge in [0, 0.05) is 12.6 Å². The summed E-state index contributed by atoms with van der Waals surface area (Å²) in [7, 11) is -3.65. The van der Waals surface area contributed by atoms with E-state index in [0.29, 0.717) is 18.0 Å². The summed E-state index contributed by atoms with van der Waals surface area (Å²) in [4.78, 5) is 0.0406. The van der Waals surface area contributed by atoms with Gasteiger partial charge in [0.1, 0.15) is 4.90 Å². The normalized spacial score (nSPS) is 15.4. The highest BCUT2D eigenvalue weighted by atomic mass is 35.5. The van der Waals surface area contributed by atoms with E-state index in [4.69, 9.17) is 16.9 Å². The fraction of sp³-hybridized carbons (Fsp3) is 0.533. The number of nitriles is 1. The smallest absolute Gasteiger partial charge is 0.207 e. The van der Waals surface area contributed by atoms with Crippen LogP contribution in [0.3, 0.4) is 0 Å². The molecule has 0 unspecified atom stereocenters. The van der Waals surface area contributed by atoms with Crippen LogP contribution < -0.4 is 0 Å². The van der Waals surface area contributed by atoms with E-state index in [1.807, 2.05) is 6.07 Å². The van der Waals surface area contributed by atoms with Gasteiger partial charge in [0.15, 0.2) is 0 Å². The predicted octanol–water partition coefficient (Wildman–Crippen LogP) is 3.41. The fourth-order valence-corrected chi connectivity index (χ4v) is 4.35. The molecule has 1 fully saturated rings. The first-order chi connectivity index (χ1) is 9.86. The van der Waals surface area contributed by atoms with Gasteiger partial charge in [0.2, 0.25) is 10.0 Å². The maximum absolute atomic E-state index is 12.8. The summed E-state index contributed by atoms with van der Waals surface area (Å²) in [6.07, 6.45) is 2.60. The molecule has 21 heavy (non-hydrogen) atoms. The van der Waals surface area contributed by atoms with Crippen LogP contribution in [0.1, 0.15) is 38.7 Å². The van der Waals surface area contributed by atoms with Crippen LogP contribution in [0.15, 0.2) is 23.1 Å². The third-order valence-corrected chi connectivity index (χ3v) is 5.96. The van der Waals surface area contributed by atoms with Gasteiger partial charge >= 0.3 is 0 Å². The van der Waals surface area contributed by atoms with E-state index in [9.17, 15) is 8.42 Å². The summed E-state index contributed by atoms with van der Waals surface area (Å²) in [6, 6.07) is 6.40. The molecule has 0 heterocycles. The highest BCUT2D eigenvalue weighted by Crippen LogP contribution is 2.35. The summed E-state index contributed by atoms with van der Waals surface area (Å²) < 4.78 is 27.2. The van der Waals surface area contributed by atoms with Gasteiger partial charge in [-0.25, -0.2) is 8.42 Å². The van der Waals surface area contributed by atoms with E-state index in [2.05, 4.69) is 13.8 Å². The number of nitrogens with zero attached hydrogens (tertiary/aromatic N) is 2. The molecule has 1 aromatic carbocycles. The first-order valence-corrected chi connectivity index (χ1v) is 8.89. The van der Waals surface area contributed by atoms with Crippen molar-refractivity contribution in [1.82, 2.24) is 4.31 Å². The SMILES string of the molecule is CC(C)CCN(C1CC1)S(=O)(=O)c1cc(C#N)ccc1Cl. The Bertz CT molecular complexity index is 661. The van der Waals surface area contributed by atoms with Crippen LogP contribution in [-0.4, -0.2) is 25.3 Å². The van der Waals surface area contributed by atoms with Gasteiger partial charge in [0.05, 0.1) is 16.7 Å². The fourth-order valence-electron chi connectivity index (χ4n) is 2.14. The third-order valence-electron chi connectivity index (χ3n) is 3.53. The standard InChI is InChI=1S/C15H19ClN2O2S/c1-11(2)7-8-18(13-4-5-13)21(19,20)15-9-12(10-17)3-6-14(15)16/h3,6,9,11,13H,4-5,7-8H2,1-2H3. The Kier molecular flexibility index (Phi) is 4.92. The van der Waals surface area contributed by atoms with Crippen LogP contribution in [-0.2, 0) is 10.0 Å². The summed E-state index contributed by atoms with van der Waals surface area (Å²) >= 11 is 6.05. The second kappa shape index (κ2) is 6.35. The minimum absolute atomic E-state index is 0.0406. The lowest BCUT2D eigenvalue weighted by atomic mass is 10.1. The number of hydrogen-bond donors (Lipinski definition) is 0. The zero-order valence-corrected chi connectivity index (χ0v) is 13.8. The summed E-state index contributed by atoms with van der Waals surface area (Å²) in [5.41, 5.74) is 0.303. The van der Waals surface area contributed by atoms with Gasteiger partial charge in [-0.05, 0) is 43.4 Å². The molecule has 0 spiro atoms. The van der Waals surface area contributed by atoms with Crippen molar-refractivity contribution in [1.29, 1.82) is 5.26 Å². The van der Waals surface area contributed by atoms with Crippen molar-refractivity contribution in [2.45, 2.75) is 44.0 Å². The minimum Gasteiger partial charge on any atom is -0.207 e. The monoisotopic (exact) mass is 326 g/mol. The molecule has 1 aromatic rings. The Balaban J connectivity index is 2.36. The van der Waals surface area contributed by atoms with E-state index in [0.717, 1.165) is 19.3 Å². The quantitative estimate of drug-likeness (QED) is 0.804. The maximum atomic E-state index is 12.8. The first-order valence-electron chi connectivity index (χ1n) is 7.07. The maximum Gasteiger partial charge on any atom is 0.244 e. The van der Waals surface area contributed by atoms with Crippen molar-refractivity contribution in [2.24, 2.45) is 5.92 Å². The second-order valence-corrected chi connectivity index (χ2v) is 8.05. The largest absolute Gasteiger partial charge is 0.244 e. The lowest BCUT2D eigenvalue weighted by molar-refractivity contribution is 0.373. The molecular weight excluding hydrogens is 308 g/mol.